The average molecular weight is 326 g/mol. The van der Waals surface area contributed by atoms with Crippen molar-refractivity contribution < 1.29 is 9.53 Å². The summed E-state index contributed by atoms with van der Waals surface area (Å²) in [5.74, 6) is 2.04. The minimum Gasteiger partial charge on any atom is -0.484 e. The number of rotatable bonds is 6. The fourth-order valence-corrected chi connectivity index (χ4v) is 2.67. The van der Waals surface area contributed by atoms with Gasteiger partial charge in [0.25, 0.3) is 5.91 Å². The van der Waals surface area contributed by atoms with E-state index in [9.17, 15) is 4.79 Å². The van der Waals surface area contributed by atoms with Crippen LogP contribution in [0.15, 0.2) is 42.6 Å². The second kappa shape index (κ2) is 8.29. The summed E-state index contributed by atoms with van der Waals surface area (Å²) in [5, 5.41) is 2.79. The van der Waals surface area contributed by atoms with Gasteiger partial charge in [-0.3, -0.25) is 4.79 Å². The summed E-state index contributed by atoms with van der Waals surface area (Å²) < 4.78 is 5.41. The van der Waals surface area contributed by atoms with Crippen LogP contribution in [0.3, 0.4) is 0 Å². The first-order chi connectivity index (χ1) is 11.8. The quantitative estimate of drug-likeness (QED) is 0.881. The van der Waals surface area contributed by atoms with Crippen LogP contribution in [0.5, 0.6) is 5.75 Å². The molecule has 0 unspecified atom stereocenters. The smallest absolute Gasteiger partial charge is 0.258 e. The highest BCUT2D eigenvalue weighted by molar-refractivity contribution is 5.77. The maximum absolute atomic E-state index is 11.9. The van der Waals surface area contributed by atoms with Crippen LogP contribution in [0.25, 0.3) is 0 Å². The molecule has 1 aromatic heterocycles. The second-order valence-corrected chi connectivity index (χ2v) is 5.76. The molecule has 1 aromatic carbocycles. The van der Waals surface area contributed by atoms with Crippen molar-refractivity contribution in [3.8, 4) is 5.75 Å². The normalized spacial score (nSPS) is 14.2. The first kappa shape index (κ1) is 16.2. The Hall–Kier alpha value is -2.63. The third-order valence-corrected chi connectivity index (χ3v) is 3.93. The van der Waals surface area contributed by atoms with E-state index in [1.807, 2.05) is 36.4 Å². The molecule has 2 heterocycles. The van der Waals surface area contributed by atoms with E-state index in [1.165, 1.54) is 19.3 Å². The van der Waals surface area contributed by atoms with Crippen molar-refractivity contribution in [1.82, 2.24) is 15.3 Å². The fourth-order valence-electron chi connectivity index (χ4n) is 2.67. The Morgan fingerprint density at radius 2 is 1.92 bits per heavy atom. The number of carbonyl (C=O) groups excluding carboxylic acids is 1. The Bertz CT molecular complexity index is 657. The summed E-state index contributed by atoms with van der Waals surface area (Å²) in [6.45, 7) is 2.36. The highest BCUT2D eigenvalue weighted by Gasteiger charge is 2.13. The number of nitrogens with zero attached hydrogens (tertiary/aromatic N) is 3. The largest absolute Gasteiger partial charge is 0.484 e. The van der Waals surface area contributed by atoms with Crippen molar-refractivity contribution in [3.05, 3.63) is 48.4 Å². The molecular formula is C18H22N4O2. The molecule has 0 spiro atoms. The van der Waals surface area contributed by atoms with Gasteiger partial charge >= 0.3 is 0 Å². The highest BCUT2D eigenvalue weighted by Crippen LogP contribution is 2.16. The summed E-state index contributed by atoms with van der Waals surface area (Å²) in [6, 6.07) is 11.2. The Kier molecular flexibility index (Phi) is 5.61. The summed E-state index contributed by atoms with van der Waals surface area (Å²) in [5.41, 5.74) is 0. The molecule has 24 heavy (non-hydrogen) atoms. The van der Waals surface area contributed by atoms with Crippen LogP contribution >= 0.6 is 0 Å². The maximum atomic E-state index is 11.9. The van der Waals surface area contributed by atoms with Crippen molar-refractivity contribution in [2.45, 2.75) is 25.8 Å². The Morgan fingerprint density at radius 1 is 1.12 bits per heavy atom. The van der Waals surface area contributed by atoms with E-state index in [0.29, 0.717) is 18.1 Å². The molecule has 0 aliphatic carbocycles. The number of benzene rings is 1. The lowest BCUT2D eigenvalue weighted by molar-refractivity contribution is -0.123. The summed E-state index contributed by atoms with van der Waals surface area (Å²) in [6.07, 6.45) is 5.44. The number of ether oxygens (including phenoxy) is 1. The summed E-state index contributed by atoms with van der Waals surface area (Å²) in [7, 11) is 0. The molecule has 126 valence electrons. The fraction of sp³-hybridized carbons (Fsp3) is 0.389. The zero-order chi connectivity index (χ0) is 16.6. The lowest BCUT2D eigenvalue weighted by Gasteiger charge is -2.27. The first-order valence-electron chi connectivity index (χ1n) is 8.33. The van der Waals surface area contributed by atoms with Crippen molar-refractivity contribution in [1.29, 1.82) is 0 Å². The molecule has 1 fully saturated rings. The Balaban J connectivity index is 1.48. The van der Waals surface area contributed by atoms with Gasteiger partial charge in [-0.2, -0.15) is 0 Å². The van der Waals surface area contributed by atoms with Crippen molar-refractivity contribution in [2.75, 3.05) is 24.6 Å². The number of para-hydroxylation sites is 1. The molecule has 1 N–H and O–H groups in total. The average Bonchev–Trinajstić information content (AvgIpc) is 2.66. The van der Waals surface area contributed by atoms with Crippen LogP contribution in [-0.4, -0.2) is 35.6 Å². The van der Waals surface area contributed by atoms with Crippen LogP contribution in [-0.2, 0) is 11.3 Å². The number of hydrogen-bond acceptors (Lipinski definition) is 5. The van der Waals surface area contributed by atoms with Crippen molar-refractivity contribution >= 4 is 11.7 Å². The summed E-state index contributed by atoms with van der Waals surface area (Å²) in [4.78, 5) is 22.9. The van der Waals surface area contributed by atoms with E-state index < -0.39 is 0 Å². The Morgan fingerprint density at radius 3 is 2.71 bits per heavy atom. The molecule has 6 nitrogen and oxygen atoms in total. The van der Waals surface area contributed by atoms with Crippen LogP contribution in [0.1, 0.15) is 25.1 Å². The minimum atomic E-state index is -0.189. The molecular weight excluding hydrogens is 304 g/mol. The maximum Gasteiger partial charge on any atom is 0.258 e. The molecule has 0 radical (unpaired) electrons. The number of piperidine rings is 1. The van der Waals surface area contributed by atoms with Gasteiger partial charge in [0, 0.05) is 19.3 Å². The molecule has 3 rings (SSSR count). The van der Waals surface area contributed by atoms with E-state index in [4.69, 9.17) is 4.74 Å². The zero-order valence-electron chi connectivity index (χ0n) is 13.6. The number of nitrogens with one attached hydrogen (secondary N) is 1. The van der Waals surface area contributed by atoms with Gasteiger partial charge in [-0.25, -0.2) is 9.97 Å². The molecule has 2 aromatic rings. The van der Waals surface area contributed by atoms with E-state index in [2.05, 4.69) is 20.2 Å². The number of carbonyl (C=O) groups is 1. The molecule has 6 heteroatoms. The molecule has 1 amide bonds. The van der Waals surface area contributed by atoms with Crippen LogP contribution in [0.2, 0.25) is 0 Å². The molecule has 0 bridgehead atoms. The summed E-state index contributed by atoms with van der Waals surface area (Å²) >= 11 is 0. The Labute approximate surface area is 141 Å². The van der Waals surface area contributed by atoms with E-state index in [1.54, 1.807) is 6.20 Å². The predicted molar refractivity (Wildman–Crippen MR) is 91.9 cm³/mol. The van der Waals surface area contributed by atoms with Crippen LogP contribution < -0.4 is 15.0 Å². The first-order valence-corrected chi connectivity index (χ1v) is 8.33. The second-order valence-electron chi connectivity index (χ2n) is 5.76. The molecule has 1 aliphatic rings. The molecule has 0 atom stereocenters. The lowest BCUT2D eigenvalue weighted by Crippen LogP contribution is -2.31. The molecule has 1 saturated heterocycles. The molecule has 0 saturated carbocycles. The van der Waals surface area contributed by atoms with Crippen molar-refractivity contribution in [2.24, 2.45) is 0 Å². The monoisotopic (exact) mass is 326 g/mol. The van der Waals surface area contributed by atoms with Crippen LogP contribution in [0.4, 0.5) is 5.82 Å². The molecule has 1 aliphatic heterocycles. The third-order valence-electron chi connectivity index (χ3n) is 3.93. The highest BCUT2D eigenvalue weighted by atomic mass is 16.5. The SMILES string of the molecule is O=C(COc1ccccc1)NCc1nccc(N2CCCCC2)n1. The van der Waals surface area contributed by atoms with Gasteiger partial charge in [0.05, 0.1) is 6.54 Å². The van der Waals surface area contributed by atoms with Gasteiger partial charge in [0.1, 0.15) is 17.4 Å². The standard InChI is InChI=1S/C18H22N4O2/c23-18(14-24-15-7-3-1-4-8-15)20-13-16-19-10-9-17(21-16)22-11-5-2-6-12-22/h1,3-4,7-10H,2,5-6,11-14H2,(H,20,23). The van der Waals surface area contributed by atoms with Gasteiger partial charge in [-0.1, -0.05) is 18.2 Å². The van der Waals surface area contributed by atoms with Gasteiger partial charge in [-0.15, -0.1) is 0 Å². The zero-order valence-corrected chi connectivity index (χ0v) is 13.6. The van der Waals surface area contributed by atoms with Gasteiger partial charge in [0.15, 0.2) is 6.61 Å². The number of hydrogen-bond donors (Lipinski definition) is 1. The third kappa shape index (κ3) is 4.68. The van der Waals surface area contributed by atoms with Crippen molar-refractivity contribution in [3.63, 3.8) is 0 Å². The van der Waals surface area contributed by atoms with Crippen LogP contribution in [0, 0.1) is 0 Å². The number of amides is 1. The van der Waals surface area contributed by atoms with Gasteiger partial charge < -0.3 is 15.0 Å². The van der Waals surface area contributed by atoms with Gasteiger partial charge in [-0.05, 0) is 37.5 Å². The van der Waals surface area contributed by atoms with E-state index in [0.717, 1.165) is 18.9 Å². The van der Waals surface area contributed by atoms with E-state index in [-0.39, 0.29) is 12.5 Å². The van der Waals surface area contributed by atoms with Gasteiger partial charge in [0.2, 0.25) is 0 Å². The minimum absolute atomic E-state index is 0.0180. The lowest BCUT2D eigenvalue weighted by atomic mass is 10.1. The topological polar surface area (TPSA) is 67.3 Å². The number of aromatic nitrogens is 2. The van der Waals surface area contributed by atoms with E-state index >= 15 is 0 Å². The predicted octanol–water partition coefficient (Wildman–Crippen LogP) is 2.16. The number of anilines is 1.